The minimum absolute atomic E-state index is 0.141. The highest BCUT2D eigenvalue weighted by molar-refractivity contribution is 5.91. The zero-order valence-electron chi connectivity index (χ0n) is 28.1. The Morgan fingerprint density at radius 3 is 1.27 bits per heavy atom. The average molecular weight is 631 g/mol. The van der Waals surface area contributed by atoms with Crippen molar-refractivity contribution in [3.8, 4) is 22.3 Å². The highest BCUT2D eigenvalue weighted by Crippen LogP contribution is 2.56. The van der Waals surface area contributed by atoms with E-state index in [1.165, 1.54) is 55.9 Å². The van der Waals surface area contributed by atoms with Gasteiger partial charge in [0, 0.05) is 45.5 Å². The monoisotopic (exact) mass is 630 g/mol. The van der Waals surface area contributed by atoms with Crippen LogP contribution in [-0.2, 0) is 5.41 Å². The van der Waals surface area contributed by atoms with Crippen molar-refractivity contribution < 1.29 is 0 Å². The largest absolute Gasteiger partial charge is 0.310 e. The molecule has 0 bridgehead atoms. The van der Waals surface area contributed by atoms with Gasteiger partial charge in [0.1, 0.15) is 0 Å². The van der Waals surface area contributed by atoms with Crippen LogP contribution in [0.1, 0.15) is 48.9 Å². The molecule has 1 unspecified atom stereocenters. The highest BCUT2D eigenvalue weighted by Gasteiger charge is 2.39. The molecule has 1 atom stereocenters. The third-order valence-corrected chi connectivity index (χ3v) is 10.7. The Morgan fingerprint density at radius 2 is 0.776 bits per heavy atom. The highest BCUT2D eigenvalue weighted by atomic mass is 15.1. The van der Waals surface area contributed by atoms with Gasteiger partial charge in [-0.1, -0.05) is 106 Å². The molecule has 9 rings (SSSR count). The zero-order valence-corrected chi connectivity index (χ0v) is 28.1. The summed E-state index contributed by atoms with van der Waals surface area (Å²) in [5.74, 6) is 0.293. The Kier molecular flexibility index (Phi) is 6.81. The number of hydrogen-bond acceptors (Lipinski definition) is 2. The Morgan fingerprint density at radius 1 is 0.367 bits per heavy atom. The fraction of sp³-hybridized carbons (Fsp3) is 0.106. The molecular weight excluding hydrogens is 593 g/mol. The van der Waals surface area contributed by atoms with Crippen molar-refractivity contribution in [2.45, 2.75) is 32.1 Å². The summed E-state index contributed by atoms with van der Waals surface area (Å²) in [4.78, 5) is 4.73. The number of nitrogens with zero attached hydrogens (tertiary/aromatic N) is 2. The van der Waals surface area contributed by atoms with E-state index in [-0.39, 0.29) is 5.41 Å². The van der Waals surface area contributed by atoms with Crippen molar-refractivity contribution in [2.75, 3.05) is 9.80 Å². The van der Waals surface area contributed by atoms with Gasteiger partial charge in [0.25, 0.3) is 0 Å². The molecule has 2 aliphatic rings. The molecule has 0 spiro atoms. The maximum Gasteiger partial charge on any atom is 0.0465 e. The van der Waals surface area contributed by atoms with E-state index < -0.39 is 0 Å². The number of anilines is 6. The lowest BCUT2D eigenvalue weighted by Gasteiger charge is -2.28. The SMILES string of the molecule is CC1c2cc(N(c3ccccc3)c3ccccc3)ccc2-c2cc3c(cc21)-c1ccc(N(c2ccccc2)c2ccccc2)cc1C3(C)C. The first kappa shape index (κ1) is 29.3. The van der Waals surface area contributed by atoms with Crippen molar-refractivity contribution in [2.24, 2.45) is 0 Å². The molecule has 0 N–H and O–H groups in total. The number of para-hydroxylation sites is 4. The molecule has 0 amide bonds. The second kappa shape index (κ2) is 11.4. The first-order chi connectivity index (χ1) is 24.0. The molecule has 236 valence electrons. The van der Waals surface area contributed by atoms with Gasteiger partial charge in [-0.3, -0.25) is 0 Å². The number of benzene rings is 7. The minimum Gasteiger partial charge on any atom is -0.310 e. The third-order valence-electron chi connectivity index (χ3n) is 10.7. The van der Waals surface area contributed by atoms with E-state index in [9.17, 15) is 0 Å². The fourth-order valence-electron chi connectivity index (χ4n) is 8.18. The molecule has 0 aromatic heterocycles. The summed E-state index contributed by atoms with van der Waals surface area (Å²) >= 11 is 0. The van der Waals surface area contributed by atoms with Gasteiger partial charge in [0.05, 0.1) is 0 Å². The van der Waals surface area contributed by atoms with E-state index in [1.54, 1.807) is 0 Å². The predicted molar refractivity (Wildman–Crippen MR) is 206 cm³/mol. The van der Waals surface area contributed by atoms with Gasteiger partial charge in [-0.15, -0.1) is 0 Å². The van der Waals surface area contributed by atoms with Crippen molar-refractivity contribution in [1.29, 1.82) is 0 Å². The molecule has 0 aliphatic heterocycles. The van der Waals surface area contributed by atoms with Gasteiger partial charge < -0.3 is 9.80 Å². The number of rotatable bonds is 6. The molecule has 2 heteroatoms. The summed E-state index contributed by atoms with van der Waals surface area (Å²) in [6.45, 7) is 7.16. The second-order valence-corrected chi connectivity index (χ2v) is 13.8. The molecule has 0 saturated heterocycles. The van der Waals surface area contributed by atoms with Crippen molar-refractivity contribution in [1.82, 2.24) is 0 Å². The standard InChI is InChI=1S/C47H38N2/c1-32-41-28-37(48(33-16-8-4-9-17-33)34-18-10-5-11-19-34)24-26-39(41)43-31-46-44(30-42(32)43)40-27-25-38(29-45(40)47(46,2)3)49(35-20-12-6-13-21-35)36-22-14-7-15-23-36/h4-32H,1-3H3. The first-order valence-corrected chi connectivity index (χ1v) is 17.3. The van der Waals surface area contributed by atoms with Crippen LogP contribution in [0.2, 0.25) is 0 Å². The van der Waals surface area contributed by atoms with Crippen LogP contribution in [0.4, 0.5) is 34.1 Å². The summed E-state index contributed by atoms with van der Waals surface area (Å²) in [5, 5.41) is 0. The third kappa shape index (κ3) is 4.70. The molecule has 2 nitrogen and oxygen atoms in total. The second-order valence-electron chi connectivity index (χ2n) is 13.8. The van der Waals surface area contributed by atoms with Gasteiger partial charge in [-0.2, -0.15) is 0 Å². The van der Waals surface area contributed by atoms with E-state index in [0.717, 1.165) is 22.7 Å². The van der Waals surface area contributed by atoms with Crippen LogP contribution in [0, 0.1) is 0 Å². The quantitative estimate of drug-likeness (QED) is 0.180. The van der Waals surface area contributed by atoms with Gasteiger partial charge >= 0.3 is 0 Å². The van der Waals surface area contributed by atoms with Crippen LogP contribution in [-0.4, -0.2) is 0 Å². The lowest BCUT2D eigenvalue weighted by molar-refractivity contribution is 0.660. The Balaban J connectivity index is 1.13. The smallest absolute Gasteiger partial charge is 0.0465 e. The Hall–Kier alpha value is -5.86. The van der Waals surface area contributed by atoms with Gasteiger partial charge in [-0.25, -0.2) is 0 Å². The summed E-state index contributed by atoms with van der Waals surface area (Å²) in [6, 6.07) is 61.9. The average Bonchev–Trinajstić information content (AvgIpc) is 3.55. The normalized spacial score (nSPS) is 14.8. The van der Waals surface area contributed by atoms with Crippen LogP contribution >= 0.6 is 0 Å². The van der Waals surface area contributed by atoms with Gasteiger partial charge in [-0.05, 0) is 129 Å². The summed E-state index contributed by atoms with van der Waals surface area (Å²) in [6.07, 6.45) is 0. The first-order valence-electron chi connectivity index (χ1n) is 17.3. The Bertz CT molecular complexity index is 2230. The molecular formula is C47H38N2. The van der Waals surface area contributed by atoms with Gasteiger partial charge in [0.15, 0.2) is 0 Å². The van der Waals surface area contributed by atoms with E-state index in [1.807, 2.05) is 0 Å². The minimum atomic E-state index is -0.141. The predicted octanol–water partition coefficient (Wildman–Crippen LogP) is 13.1. The van der Waals surface area contributed by atoms with Crippen molar-refractivity contribution in [3.05, 3.63) is 192 Å². The number of hydrogen-bond donors (Lipinski definition) is 0. The molecule has 0 fully saturated rings. The van der Waals surface area contributed by atoms with E-state index >= 15 is 0 Å². The molecule has 0 saturated carbocycles. The van der Waals surface area contributed by atoms with Crippen LogP contribution in [0.5, 0.6) is 0 Å². The summed E-state index contributed by atoms with van der Waals surface area (Å²) in [7, 11) is 0. The lowest BCUT2D eigenvalue weighted by Crippen LogP contribution is -2.16. The maximum atomic E-state index is 2.50. The van der Waals surface area contributed by atoms with Crippen LogP contribution < -0.4 is 9.80 Å². The van der Waals surface area contributed by atoms with E-state index in [0.29, 0.717) is 5.92 Å². The number of fused-ring (bicyclic) bond motifs is 6. The van der Waals surface area contributed by atoms with Crippen molar-refractivity contribution >= 4 is 34.1 Å². The molecule has 7 aromatic carbocycles. The summed E-state index contributed by atoms with van der Waals surface area (Å²) < 4.78 is 0. The lowest BCUT2D eigenvalue weighted by atomic mass is 9.81. The van der Waals surface area contributed by atoms with Crippen LogP contribution in [0.3, 0.4) is 0 Å². The maximum absolute atomic E-state index is 2.50. The molecule has 0 radical (unpaired) electrons. The fourth-order valence-corrected chi connectivity index (χ4v) is 8.18. The van der Waals surface area contributed by atoms with Crippen molar-refractivity contribution in [3.63, 3.8) is 0 Å². The molecule has 49 heavy (non-hydrogen) atoms. The Labute approximate surface area is 289 Å². The van der Waals surface area contributed by atoms with E-state index in [4.69, 9.17) is 0 Å². The molecule has 0 heterocycles. The zero-order chi connectivity index (χ0) is 33.1. The summed E-state index contributed by atoms with van der Waals surface area (Å²) in [5.41, 5.74) is 17.9. The topological polar surface area (TPSA) is 6.48 Å². The van der Waals surface area contributed by atoms with Crippen LogP contribution in [0.15, 0.2) is 170 Å². The van der Waals surface area contributed by atoms with Crippen LogP contribution in [0.25, 0.3) is 22.3 Å². The van der Waals surface area contributed by atoms with E-state index in [2.05, 4.69) is 200 Å². The van der Waals surface area contributed by atoms with Gasteiger partial charge in [0.2, 0.25) is 0 Å². The molecule has 7 aromatic rings. The molecule has 2 aliphatic carbocycles.